The van der Waals surface area contributed by atoms with Crippen molar-refractivity contribution in [2.75, 3.05) is 24.2 Å². The number of ether oxygens (including phenoxy) is 2. The molecule has 0 aliphatic heterocycles. The number of thiophene rings is 1. The van der Waals surface area contributed by atoms with E-state index < -0.39 is 26.0 Å². The summed E-state index contributed by atoms with van der Waals surface area (Å²) in [6, 6.07) is 6.91. The summed E-state index contributed by atoms with van der Waals surface area (Å²) >= 11 is 1.05. The summed E-state index contributed by atoms with van der Waals surface area (Å²) in [5.41, 5.74) is 0.155. The van der Waals surface area contributed by atoms with Gasteiger partial charge in [-0.15, -0.1) is 11.3 Å². The van der Waals surface area contributed by atoms with Crippen molar-refractivity contribution in [3.8, 4) is 5.75 Å². The third-order valence-corrected chi connectivity index (χ3v) is 5.30. The molecule has 26 heavy (non-hydrogen) atoms. The van der Waals surface area contributed by atoms with E-state index in [9.17, 15) is 21.6 Å². The zero-order chi connectivity index (χ0) is 19.4. The van der Waals surface area contributed by atoms with Crippen LogP contribution in [0.25, 0.3) is 0 Å². The zero-order valence-corrected chi connectivity index (χ0v) is 16.0. The van der Waals surface area contributed by atoms with E-state index in [1.807, 2.05) is 0 Å². The van der Waals surface area contributed by atoms with E-state index in [-0.39, 0.29) is 28.7 Å². The Labute approximate surface area is 154 Å². The second kappa shape index (κ2) is 8.03. The maximum absolute atomic E-state index is 12.0. The molecule has 2 aromatic rings. The van der Waals surface area contributed by atoms with Gasteiger partial charge in [0.1, 0.15) is 23.8 Å². The molecule has 0 unspecified atom stereocenters. The fourth-order valence-corrected chi connectivity index (χ4v) is 3.72. The van der Waals surface area contributed by atoms with E-state index in [1.165, 1.54) is 30.3 Å². The highest BCUT2D eigenvalue weighted by Gasteiger charge is 2.17. The molecule has 0 amide bonds. The van der Waals surface area contributed by atoms with Gasteiger partial charge in [-0.2, -0.15) is 0 Å². The molecule has 1 heterocycles. The van der Waals surface area contributed by atoms with Crippen LogP contribution in [-0.4, -0.2) is 42.3 Å². The molecule has 1 aromatic carbocycles. The van der Waals surface area contributed by atoms with Crippen molar-refractivity contribution in [1.82, 2.24) is 0 Å². The summed E-state index contributed by atoms with van der Waals surface area (Å²) in [7, 11) is -7.28. The highest BCUT2D eigenvalue weighted by Crippen LogP contribution is 2.24. The third-order valence-electron chi connectivity index (χ3n) is 2.88. The van der Waals surface area contributed by atoms with E-state index >= 15 is 0 Å². The van der Waals surface area contributed by atoms with Crippen LogP contribution in [-0.2, 0) is 24.8 Å². The topological polar surface area (TPSA) is 142 Å². The van der Waals surface area contributed by atoms with Crippen LogP contribution < -0.4 is 14.6 Å². The van der Waals surface area contributed by atoms with Gasteiger partial charge in [0.05, 0.1) is 16.8 Å². The average Bonchev–Trinajstić information content (AvgIpc) is 2.97. The molecule has 2 rings (SSSR count). The summed E-state index contributed by atoms with van der Waals surface area (Å²) in [5, 5.41) is 6.55. The van der Waals surface area contributed by atoms with Gasteiger partial charge in [0.15, 0.2) is 0 Å². The van der Waals surface area contributed by atoms with Gasteiger partial charge in [-0.25, -0.2) is 26.8 Å². The lowest BCUT2D eigenvalue weighted by atomic mass is 10.3. The van der Waals surface area contributed by atoms with Crippen molar-refractivity contribution in [3.05, 3.63) is 40.6 Å². The van der Waals surface area contributed by atoms with Crippen LogP contribution in [0, 0.1) is 0 Å². The predicted molar refractivity (Wildman–Crippen MR) is 96.4 cm³/mol. The van der Waals surface area contributed by atoms with Gasteiger partial charge in [-0.05, 0) is 35.7 Å². The van der Waals surface area contributed by atoms with Gasteiger partial charge in [0.25, 0.3) is 0 Å². The molecule has 1 aromatic heterocycles. The first kappa shape index (κ1) is 20.2. The van der Waals surface area contributed by atoms with Crippen LogP contribution >= 0.6 is 11.3 Å². The number of carbonyl (C=O) groups excluding carboxylic acids is 1. The Bertz CT molecular complexity index is 980. The lowest BCUT2D eigenvalue weighted by molar-refractivity contribution is 0.0457. The molecule has 142 valence electrons. The molecule has 0 radical (unpaired) electrons. The van der Waals surface area contributed by atoms with Crippen molar-refractivity contribution < 1.29 is 31.1 Å². The number of hydrogen-bond acceptors (Lipinski definition) is 8. The highest BCUT2D eigenvalue weighted by molar-refractivity contribution is 7.92. The maximum atomic E-state index is 12.0. The largest absolute Gasteiger partial charge is 0.490 e. The van der Waals surface area contributed by atoms with Gasteiger partial charge in [0, 0.05) is 0 Å². The quantitative estimate of drug-likeness (QED) is 0.479. The second-order valence-corrected chi connectivity index (χ2v) is 9.26. The molecule has 9 nitrogen and oxygen atoms in total. The van der Waals surface area contributed by atoms with Gasteiger partial charge >= 0.3 is 5.97 Å². The first-order chi connectivity index (χ1) is 12.1. The van der Waals surface area contributed by atoms with Gasteiger partial charge in [-0.3, -0.25) is 4.72 Å². The molecule has 3 N–H and O–H groups in total. The second-order valence-electron chi connectivity index (χ2n) is 5.04. The van der Waals surface area contributed by atoms with Crippen molar-refractivity contribution in [1.29, 1.82) is 0 Å². The monoisotopic (exact) mass is 420 g/mol. The van der Waals surface area contributed by atoms with Crippen LogP contribution in [0.1, 0.15) is 9.67 Å². The van der Waals surface area contributed by atoms with Crippen molar-refractivity contribution in [2.24, 2.45) is 5.14 Å². The number of nitrogens with one attached hydrogen (secondary N) is 1. The molecule has 0 saturated heterocycles. The Kier molecular flexibility index (Phi) is 6.23. The third kappa shape index (κ3) is 5.98. The molecule has 0 aliphatic carbocycles. The smallest absolute Gasteiger partial charge is 0.350 e. The van der Waals surface area contributed by atoms with E-state index in [1.54, 1.807) is 5.38 Å². The number of nitrogens with two attached hydrogens (primary N) is 1. The minimum absolute atomic E-state index is 0.0284. The van der Waals surface area contributed by atoms with E-state index in [4.69, 9.17) is 14.6 Å². The van der Waals surface area contributed by atoms with E-state index in [2.05, 4.69) is 4.72 Å². The van der Waals surface area contributed by atoms with Crippen LogP contribution in [0.15, 0.2) is 40.6 Å². The number of primary sulfonamides is 1. The Morgan fingerprint density at radius 1 is 1.12 bits per heavy atom. The first-order valence-corrected chi connectivity index (χ1v) is 11.4. The molecular formula is C14H16N2O7S3. The van der Waals surface area contributed by atoms with Gasteiger partial charge in [0.2, 0.25) is 20.0 Å². The van der Waals surface area contributed by atoms with Crippen LogP contribution in [0.2, 0.25) is 0 Å². The lowest BCUT2D eigenvalue weighted by Crippen LogP contribution is -2.15. The number of anilines is 1. The number of sulfonamides is 2. The first-order valence-electron chi connectivity index (χ1n) is 7.04. The summed E-state index contributed by atoms with van der Waals surface area (Å²) in [6.45, 7) is -0.0489. The summed E-state index contributed by atoms with van der Waals surface area (Å²) in [6.07, 6.45) is 0.981. The molecule has 12 heteroatoms. The van der Waals surface area contributed by atoms with Gasteiger partial charge < -0.3 is 9.47 Å². The summed E-state index contributed by atoms with van der Waals surface area (Å²) in [4.78, 5) is 12.1. The standard InChI is InChI=1S/C14H16N2O7S3/c1-25(18,19)16-12-6-9-24-13(12)14(17)23-8-7-22-10-2-4-11(5-3-10)26(15,20)21/h2-6,9,16H,7-8H2,1H3,(H2,15,20,21). The van der Waals surface area contributed by atoms with Crippen molar-refractivity contribution in [3.63, 3.8) is 0 Å². The SMILES string of the molecule is CS(=O)(=O)Nc1ccsc1C(=O)OCCOc1ccc(S(N)(=O)=O)cc1. The van der Waals surface area contributed by atoms with Crippen molar-refractivity contribution >= 4 is 43.0 Å². The number of benzene rings is 1. The van der Waals surface area contributed by atoms with Crippen LogP contribution in [0.4, 0.5) is 5.69 Å². The Balaban J connectivity index is 1.85. The normalized spacial score (nSPS) is 11.8. The summed E-state index contributed by atoms with van der Waals surface area (Å²) in [5.74, 6) is -0.302. The van der Waals surface area contributed by atoms with Gasteiger partial charge in [-0.1, -0.05) is 0 Å². The number of carbonyl (C=O) groups is 1. The average molecular weight is 420 g/mol. The van der Waals surface area contributed by atoms with Crippen LogP contribution in [0.5, 0.6) is 5.75 Å². The number of rotatable bonds is 8. The molecule has 0 saturated carbocycles. The molecular weight excluding hydrogens is 404 g/mol. The molecule has 0 aliphatic rings. The Morgan fingerprint density at radius 3 is 2.35 bits per heavy atom. The maximum Gasteiger partial charge on any atom is 0.350 e. The lowest BCUT2D eigenvalue weighted by Gasteiger charge is -2.08. The Hall–Kier alpha value is -2.15. The zero-order valence-electron chi connectivity index (χ0n) is 13.5. The fourth-order valence-electron chi connectivity index (χ4n) is 1.83. The minimum atomic E-state index is -3.77. The predicted octanol–water partition coefficient (Wildman–Crippen LogP) is 1.00. The number of esters is 1. The molecule has 0 fully saturated rings. The molecule has 0 bridgehead atoms. The van der Waals surface area contributed by atoms with E-state index in [0.717, 1.165) is 17.6 Å². The van der Waals surface area contributed by atoms with E-state index in [0.29, 0.717) is 5.75 Å². The number of hydrogen-bond donors (Lipinski definition) is 2. The molecule has 0 atom stereocenters. The minimum Gasteiger partial charge on any atom is -0.490 e. The highest BCUT2D eigenvalue weighted by atomic mass is 32.2. The Morgan fingerprint density at radius 2 is 1.77 bits per heavy atom. The molecule has 0 spiro atoms. The fraction of sp³-hybridized carbons (Fsp3) is 0.214. The van der Waals surface area contributed by atoms with Crippen LogP contribution in [0.3, 0.4) is 0 Å². The van der Waals surface area contributed by atoms with Crippen molar-refractivity contribution in [2.45, 2.75) is 4.90 Å². The summed E-state index contributed by atoms with van der Waals surface area (Å²) < 4.78 is 57.4.